The van der Waals surface area contributed by atoms with Gasteiger partial charge in [0.2, 0.25) is 5.75 Å². The van der Waals surface area contributed by atoms with Gasteiger partial charge in [-0.05, 0) is 29.8 Å². The van der Waals surface area contributed by atoms with Crippen molar-refractivity contribution in [1.82, 2.24) is 0 Å². The lowest BCUT2D eigenvalue weighted by Crippen LogP contribution is -2.30. The molecular weight excluding hydrogens is 366 g/mol. The van der Waals surface area contributed by atoms with Gasteiger partial charge in [0.15, 0.2) is 17.3 Å². The quantitative estimate of drug-likeness (QED) is 0.559. The minimum atomic E-state index is -1.08. The van der Waals surface area contributed by atoms with Crippen molar-refractivity contribution in [3.8, 4) is 17.2 Å². The van der Waals surface area contributed by atoms with E-state index in [2.05, 4.69) is 4.99 Å². The van der Waals surface area contributed by atoms with E-state index in [-0.39, 0.29) is 11.7 Å². The van der Waals surface area contributed by atoms with Gasteiger partial charge in [0.05, 0.1) is 37.5 Å². The predicted octanol–water partition coefficient (Wildman–Crippen LogP) is 1.69. The number of ether oxygens (including phenoxy) is 3. The predicted molar refractivity (Wildman–Crippen MR) is 104 cm³/mol. The zero-order valence-corrected chi connectivity index (χ0v) is 16.0. The van der Waals surface area contributed by atoms with Crippen LogP contribution in [-0.2, 0) is 10.8 Å². The van der Waals surface area contributed by atoms with Crippen LogP contribution in [0, 0.1) is 0 Å². The Morgan fingerprint density at radius 3 is 2.41 bits per heavy atom. The summed E-state index contributed by atoms with van der Waals surface area (Å²) in [6, 6.07) is 8.70. The topological polar surface area (TPSA) is 74.2 Å². The maximum atomic E-state index is 12.5. The van der Waals surface area contributed by atoms with Crippen molar-refractivity contribution in [2.45, 2.75) is 0 Å². The number of carbonyl (C=O) groups excluding carboxylic acids is 1. The molecule has 0 spiro atoms. The number of fused-ring (bicyclic) bond motifs is 1. The van der Waals surface area contributed by atoms with E-state index in [1.54, 1.807) is 41.8 Å². The second-order valence-electron chi connectivity index (χ2n) is 5.72. The van der Waals surface area contributed by atoms with Crippen molar-refractivity contribution in [2.24, 2.45) is 4.99 Å². The molecule has 1 unspecified atom stereocenters. The highest BCUT2D eigenvalue weighted by atomic mass is 32.2. The fourth-order valence-electron chi connectivity index (χ4n) is 2.71. The first-order chi connectivity index (χ1) is 13.0. The van der Waals surface area contributed by atoms with Gasteiger partial charge in [0, 0.05) is 16.2 Å². The largest absolute Gasteiger partial charge is 0.493 e. The van der Waals surface area contributed by atoms with Crippen molar-refractivity contribution >= 4 is 28.1 Å². The van der Waals surface area contributed by atoms with Crippen LogP contribution in [-0.4, -0.2) is 37.2 Å². The van der Waals surface area contributed by atoms with Crippen LogP contribution >= 0.6 is 0 Å². The zero-order valence-electron chi connectivity index (χ0n) is 15.2. The summed E-state index contributed by atoms with van der Waals surface area (Å²) < 4.78 is 27.4. The average Bonchev–Trinajstić information content (AvgIpc) is 2.70. The van der Waals surface area contributed by atoms with Crippen molar-refractivity contribution in [3.63, 3.8) is 0 Å². The number of benzene rings is 2. The number of allylic oxidation sites excluding steroid dienone is 1. The van der Waals surface area contributed by atoms with Crippen LogP contribution in [0.1, 0.15) is 15.9 Å². The Hall–Kier alpha value is -2.93. The monoisotopic (exact) mass is 385 g/mol. The lowest BCUT2D eigenvalue weighted by molar-refractivity contribution is 0.104. The number of hydrogen-bond acceptors (Lipinski definition) is 6. The summed E-state index contributed by atoms with van der Waals surface area (Å²) in [6.07, 6.45) is 3.16. The molecule has 0 saturated carbocycles. The van der Waals surface area contributed by atoms with Crippen LogP contribution in [0.15, 0.2) is 41.4 Å². The van der Waals surface area contributed by atoms with Crippen LogP contribution in [0.4, 0.5) is 0 Å². The molecule has 1 heterocycles. The van der Waals surface area contributed by atoms with Crippen molar-refractivity contribution < 1.29 is 23.2 Å². The fraction of sp³-hybridized carbons (Fsp3) is 0.200. The van der Waals surface area contributed by atoms with Gasteiger partial charge in [-0.25, -0.2) is 0 Å². The number of rotatable bonds is 6. The SMILES string of the molecule is COc1cc(C=CC(=O)c2ccc3c(c2)=NCS(=O)C=3)cc(OC)c1OC. The number of methoxy groups -OCH3 is 3. The Kier molecular flexibility index (Phi) is 5.71. The minimum Gasteiger partial charge on any atom is -0.493 e. The highest BCUT2D eigenvalue weighted by Crippen LogP contribution is 2.38. The highest BCUT2D eigenvalue weighted by molar-refractivity contribution is 7.92. The van der Waals surface area contributed by atoms with Crippen molar-refractivity contribution in [2.75, 3.05) is 27.2 Å². The summed E-state index contributed by atoms with van der Waals surface area (Å²) in [5, 5.41) is 3.12. The van der Waals surface area contributed by atoms with E-state index in [4.69, 9.17) is 14.2 Å². The average molecular weight is 385 g/mol. The van der Waals surface area contributed by atoms with Crippen molar-refractivity contribution in [1.29, 1.82) is 0 Å². The van der Waals surface area contributed by atoms with Crippen LogP contribution in [0.5, 0.6) is 17.2 Å². The van der Waals surface area contributed by atoms with E-state index in [0.717, 1.165) is 10.8 Å². The molecule has 0 N–H and O–H groups in total. The Morgan fingerprint density at radius 1 is 1.07 bits per heavy atom. The summed E-state index contributed by atoms with van der Waals surface area (Å²) in [6.45, 7) is 0. The van der Waals surface area contributed by atoms with E-state index < -0.39 is 10.8 Å². The Balaban J connectivity index is 1.90. The molecule has 27 heavy (non-hydrogen) atoms. The summed E-state index contributed by atoms with van der Waals surface area (Å²) in [4.78, 5) is 16.8. The summed E-state index contributed by atoms with van der Waals surface area (Å²) in [5.74, 6) is 1.59. The van der Waals surface area contributed by atoms with Crippen LogP contribution in [0.25, 0.3) is 11.5 Å². The molecule has 6 nitrogen and oxygen atoms in total. The number of hydrogen-bond donors (Lipinski definition) is 0. The third-order valence-electron chi connectivity index (χ3n) is 4.05. The third-order valence-corrected chi connectivity index (χ3v) is 4.95. The van der Waals surface area contributed by atoms with Crippen molar-refractivity contribution in [3.05, 3.63) is 58.1 Å². The van der Waals surface area contributed by atoms with Crippen LogP contribution < -0.4 is 24.8 Å². The zero-order chi connectivity index (χ0) is 19.4. The lowest BCUT2D eigenvalue weighted by Gasteiger charge is -2.12. The summed E-state index contributed by atoms with van der Waals surface area (Å²) >= 11 is 0. The first-order valence-electron chi connectivity index (χ1n) is 8.11. The molecule has 140 valence electrons. The second kappa shape index (κ2) is 8.18. The smallest absolute Gasteiger partial charge is 0.203 e. The third kappa shape index (κ3) is 4.09. The number of nitrogens with zero attached hydrogens (tertiary/aromatic N) is 1. The molecule has 1 atom stereocenters. The molecule has 2 aromatic carbocycles. The lowest BCUT2D eigenvalue weighted by atomic mass is 10.1. The van der Waals surface area contributed by atoms with Gasteiger partial charge < -0.3 is 14.2 Å². The van der Waals surface area contributed by atoms with Gasteiger partial charge >= 0.3 is 0 Å². The molecule has 1 aliphatic heterocycles. The van der Waals surface area contributed by atoms with Gasteiger partial charge in [-0.2, -0.15) is 0 Å². The molecule has 0 radical (unpaired) electrons. The molecule has 1 aliphatic rings. The maximum absolute atomic E-state index is 12.5. The van der Waals surface area contributed by atoms with Gasteiger partial charge in [-0.1, -0.05) is 18.2 Å². The fourth-order valence-corrected chi connectivity index (χ4v) is 3.53. The van der Waals surface area contributed by atoms with Crippen LogP contribution in [0.3, 0.4) is 0 Å². The molecule has 0 aromatic heterocycles. The van der Waals surface area contributed by atoms with Gasteiger partial charge in [0.25, 0.3) is 0 Å². The Labute approximate surface area is 159 Å². The number of carbonyl (C=O) groups is 1. The number of ketones is 1. The highest BCUT2D eigenvalue weighted by Gasteiger charge is 2.12. The van der Waals surface area contributed by atoms with E-state index in [1.807, 2.05) is 0 Å². The standard InChI is InChI=1S/C20H19NO5S/c1-24-18-8-13(9-19(25-2)20(18)26-3)4-7-17(22)14-5-6-15-11-27(23)12-21-16(15)10-14/h4-11H,12H2,1-3H3. The molecule has 0 fully saturated rings. The second-order valence-corrected chi connectivity index (χ2v) is 6.97. The van der Waals surface area contributed by atoms with E-state index in [9.17, 15) is 9.00 Å². The molecule has 0 saturated heterocycles. The molecule has 3 rings (SSSR count). The minimum absolute atomic E-state index is 0.159. The Bertz CT molecular complexity index is 1030. The van der Waals surface area contributed by atoms with E-state index >= 15 is 0 Å². The molecule has 0 amide bonds. The maximum Gasteiger partial charge on any atom is 0.203 e. The van der Waals surface area contributed by atoms with E-state index in [1.165, 1.54) is 27.4 Å². The molecule has 2 aromatic rings. The molecular formula is C20H19NO5S. The molecule has 0 aliphatic carbocycles. The summed E-state index contributed by atoms with van der Waals surface area (Å²) in [7, 11) is 3.53. The van der Waals surface area contributed by atoms with E-state index in [0.29, 0.717) is 28.2 Å². The molecule has 0 bridgehead atoms. The van der Waals surface area contributed by atoms with Gasteiger partial charge in [-0.3, -0.25) is 14.0 Å². The van der Waals surface area contributed by atoms with Gasteiger partial charge in [-0.15, -0.1) is 0 Å². The van der Waals surface area contributed by atoms with Crippen LogP contribution in [0.2, 0.25) is 0 Å². The molecule has 7 heteroatoms. The first-order valence-corrected chi connectivity index (χ1v) is 9.50. The van der Waals surface area contributed by atoms with Gasteiger partial charge in [0.1, 0.15) is 5.88 Å². The Morgan fingerprint density at radius 2 is 1.78 bits per heavy atom. The first kappa shape index (κ1) is 18.8. The summed E-state index contributed by atoms with van der Waals surface area (Å²) in [5.41, 5.74) is 1.26. The normalized spacial score (nSPS) is 15.4.